The highest BCUT2D eigenvalue weighted by atomic mass is 35.5. The van der Waals surface area contributed by atoms with E-state index in [0.717, 1.165) is 33.3 Å². The highest BCUT2D eigenvalue weighted by Crippen LogP contribution is 2.23. The molecule has 2 N–H and O–H groups in total. The molecule has 4 nitrogen and oxygen atoms in total. The molecule has 0 bridgehead atoms. The molecule has 25 heavy (non-hydrogen) atoms. The molecule has 128 valence electrons. The van der Waals surface area contributed by atoms with Crippen LogP contribution in [0, 0.1) is 13.8 Å². The van der Waals surface area contributed by atoms with Crippen molar-refractivity contribution >= 4 is 40.3 Å². The number of aromatic nitrogens is 2. The van der Waals surface area contributed by atoms with E-state index in [9.17, 15) is 0 Å². The lowest BCUT2D eigenvalue weighted by molar-refractivity contribution is 0.659. The summed E-state index contributed by atoms with van der Waals surface area (Å²) in [5.74, 6) is 0. The Morgan fingerprint density at radius 3 is 2.44 bits per heavy atom. The Balaban J connectivity index is 1.76. The fourth-order valence-corrected chi connectivity index (χ4v) is 3.03. The van der Waals surface area contributed by atoms with Gasteiger partial charge >= 0.3 is 0 Å². The topological polar surface area (TPSA) is 41.9 Å². The summed E-state index contributed by atoms with van der Waals surface area (Å²) >= 11 is 11.7. The van der Waals surface area contributed by atoms with Crippen LogP contribution in [0.25, 0.3) is 0 Å². The lowest BCUT2D eigenvalue weighted by atomic mass is 10.2. The number of hydrogen-bond donors (Lipinski definition) is 2. The van der Waals surface area contributed by atoms with Gasteiger partial charge in [0.25, 0.3) is 0 Å². The Kier molecular flexibility index (Phi) is 5.36. The average molecular weight is 371 g/mol. The van der Waals surface area contributed by atoms with Gasteiger partial charge < -0.3 is 10.6 Å². The van der Waals surface area contributed by atoms with Gasteiger partial charge in [0, 0.05) is 10.7 Å². The van der Waals surface area contributed by atoms with E-state index < -0.39 is 0 Å². The Morgan fingerprint density at radius 2 is 1.72 bits per heavy atom. The Labute approximate surface area is 157 Å². The van der Waals surface area contributed by atoms with Crippen LogP contribution in [0.4, 0.5) is 11.4 Å². The van der Waals surface area contributed by atoms with E-state index in [1.54, 1.807) is 0 Å². The molecule has 6 heteroatoms. The molecule has 0 saturated carbocycles. The van der Waals surface area contributed by atoms with Crippen molar-refractivity contribution in [2.45, 2.75) is 20.4 Å². The second-order valence-corrected chi connectivity index (χ2v) is 6.56. The summed E-state index contributed by atoms with van der Waals surface area (Å²) in [6.07, 6.45) is 0. The standard InChI is InChI=1S/C19H19ClN4S/c1-13-18(22-19(25)21-16-9-4-3-5-10-16)14(2)24(23-13)12-15-8-6-7-11-17(15)20/h3-11H,12H2,1-2H3,(H2,21,22,25). The number of nitrogens with one attached hydrogen (secondary N) is 2. The molecular weight excluding hydrogens is 352 g/mol. The highest BCUT2D eigenvalue weighted by Gasteiger charge is 2.14. The number of thiocarbonyl (C=S) groups is 1. The molecule has 0 aliphatic heterocycles. The number of halogens is 1. The van der Waals surface area contributed by atoms with Gasteiger partial charge in [0.1, 0.15) is 0 Å². The van der Waals surface area contributed by atoms with E-state index in [1.165, 1.54) is 0 Å². The van der Waals surface area contributed by atoms with Gasteiger partial charge in [-0.05, 0) is 49.8 Å². The number of rotatable bonds is 4. The first-order valence-electron chi connectivity index (χ1n) is 7.95. The molecule has 1 heterocycles. The van der Waals surface area contributed by atoms with Crippen molar-refractivity contribution in [2.24, 2.45) is 0 Å². The summed E-state index contributed by atoms with van der Waals surface area (Å²) < 4.78 is 1.93. The van der Waals surface area contributed by atoms with Crippen molar-refractivity contribution < 1.29 is 0 Å². The zero-order valence-corrected chi connectivity index (χ0v) is 15.7. The molecule has 3 rings (SSSR count). The monoisotopic (exact) mass is 370 g/mol. The summed E-state index contributed by atoms with van der Waals surface area (Å²) in [4.78, 5) is 0. The molecule has 2 aromatic carbocycles. The molecule has 3 aromatic rings. The minimum Gasteiger partial charge on any atom is -0.332 e. The van der Waals surface area contributed by atoms with Crippen LogP contribution in [0.3, 0.4) is 0 Å². The third kappa shape index (κ3) is 4.18. The minimum absolute atomic E-state index is 0.537. The van der Waals surface area contributed by atoms with E-state index in [0.29, 0.717) is 11.7 Å². The van der Waals surface area contributed by atoms with Crippen LogP contribution in [0.5, 0.6) is 0 Å². The van der Waals surface area contributed by atoms with Crippen LogP contribution in [0.15, 0.2) is 54.6 Å². The van der Waals surface area contributed by atoms with E-state index in [-0.39, 0.29) is 0 Å². The van der Waals surface area contributed by atoms with Gasteiger partial charge in [0.2, 0.25) is 0 Å². The number of hydrogen-bond acceptors (Lipinski definition) is 2. The first-order chi connectivity index (χ1) is 12.0. The molecule has 0 aliphatic carbocycles. The van der Waals surface area contributed by atoms with Gasteiger partial charge in [-0.15, -0.1) is 0 Å². The summed E-state index contributed by atoms with van der Waals surface area (Å²) in [5.41, 5.74) is 4.79. The number of para-hydroxylation sites is 1. The smallest absolute Gasteiger partial charge is 0.175 e. The SMILES string of the molecule is Cc1nn(Cc2ccccc2Cl)c(C)c1NC(=S)Nc1ccccc1. The van der Waals surface area contributed by atoms with Crippen LogP contribution in [-0.2, 0) is 6.54 Å². The molecule has 0 fully saturated rings. The van der Waals surface area contributed by atoms with Crippen molar-refractivity contribution in [1.82, 2.24) is 9.78 Å². The van der Waals surface area contributed by atoms with Gasteiger partial charge in [0.15, 0.2) is 5.11 Å². The predicted octanol–water partition coefficient (Wildman–Crippen LogP) is 5.01. The third-order valence-corrected chi connectivity index (χ3v) is 4.50. The first kappa shape index (κ1) is 17.5. The Bertz CT molecular complexity index is 890. The molecule has 1 aromatic heterocycles. The fraction of sp³-hybridized carbons (Fsp3) is 0.158. The zero-order valence-electron chi connectivity index (χ0n) is 14.1. The maximum absolute atomic E-state index is 6.26. The van der Waals surface area contributed by atoms with Gasteiger partial charge in [-0.2, -0.15) is 5.10 Å². The predicted molar refractivity (Wildman–Crippen MR) is 109 cm³/mol. The summed E-state index contributed by atoms with van der Waals surface area (Å²) in [6, 6.07) is 17.6. The lowest BCUT2D eigenvalue weighted by Gasteiger charge is -2.11. The van der Waals surface area contributed by atoms with Crippen molar-refractivity contribution in [3.63, 3.8) is 0 Å². The average Bonchev–Trinajstić information content (AvgIpc) is 2.85. The lowest BCUT2D eigenvalue weighted by Crippen LogP contribution is -2.19. The largest absolute Gasteiger partial charge is 0.332 e. The Hall–Kier alpha value is -2.37. The van der Waals surface area contributed by atoms with Crippen molar-refractivity contribution in [3.05, 3.63) is 76.6 Å². The minimum atomic E-state index is 0.537. The number of benzene rings is 2. The first-order valence-corrected chi connectivity index (χ1v) is 8.73. The molecule has 0 saturated heterocycles. The Morgan fingerprint density at radius 1 is 1.04 bits per heavy atom. The van der Waals surface area contributed by atoms with E-state index in [2.05, 4.69) is 15.7 Å². The van der Waals surface area contributed by atoms with Crippen LogP contribution in [-0.4, -0.2) is 14.9 Å². The third-order valence-electron chi connectivity index (χ3n) is 3.93. The second-order valence-electron chi connectivity index (χ2n) is 5.74. The zero-order chi connectivity index (χ0) is 17.8. The maximum atomic E-state index is 6.26. The van der Waals surface area contributed by atoms with E-state index in [4.69, 9.17) is 23.8 Å². The quantitative estimate of drug-likeness (QED) is 0.633. The van der Waals surface area contributed by atoms with E-state index in [1.807, 2.05) is 73.1 Å². The van der Waals surface area contributed by atoms with Crippen LogP contribution in [0.1, 0.15) is 17.0 Å². The van der Waals surface area contributed by atoms with Crippen molar-refractivity contribution in [1.29, 1.82) is 0 Å². The van der Waals surface area contributed by atoms with Crippen LogP contribution in [0.2, 0.25) is 5.02 Å². The summed E-state index contributed by atoms with van der Waals surface area (Å²) in [6.45, 7) is 4.60. The van der Waals surface area contributed by atoms with Gasteiger partial charge in [-0.25, -0.2) is 0 Å². The summed E-state index contributed by atoms with van der Waals surface area (Å²) in [5, 5.41) is 12.3. The van der Waals surface area contributed by atoms with Crippen LogP contribution < -0.4 is 10.6 Å². The van der Waals surface area contributed by atoms with Crippen LogP contribution >= 0.6 is 23.8 Å². The number of anilines is 2. The molecule has 0 unspecified atom stereocenters. The maximum Gasteiger partial charge on any atom is 0.175 e. The van der Waals surface area contributed by atoms with Crippen molar-refractivity contribution in [2.75, 3.05) is 10.6 Å². The summed E-state index contributed by atoms with van der Waals surface area (Å²) in [7, 11) is 0. The molecule has 0 atom stereocenters. The van der Waals surface area contributed by atoms with Crippen molar-refractivity contribution in [3.8, 4) is 0 Å². The van der Waals surface area contributed by atoms with Gasteiger partial charge in [-0.1, -0.05) is 48.0 Å². The molecule has 0 aliphatic rings. The normalized spacial score (nSPS) is 10.5. The highest BCUT2D eigenvalue weighted by molar-refractivity contribution is 7.80. The fourth-order valence-electron chi connectivity index (χ4n) is 2.62. The molecular formula is C19H19ClN4S. The molecule has 0 amide bonds. The second kappa shape index (κ2) is 7.68. The molecule has 0 radical (unpaired) electrons. The van der Waals surface area contributed by atoms with E-state index >= 15 is 0 Å². The van der Waals surface area contributed by atoms with Gasteiger partial charge in [0.05, 0.1) is 23.6 Å². The van der Waals surface area contributed by atoms with Gasteiger partial charge in [-0.3, -0.25) is 4.68 Å². The number of aryl methyl sites for hydroxylation is 1. The molecule has 0 spiro atoms. The number of nitrogens with zero attached hydrogens (tertiary/aromatic N) is 2.